The second kappa shape index (κ2) is 7.41. The van der Waals surface area contributed by atoms with Crippen molar-refractivity contribution in [2.24, 2.45) is 11.8 Å². The number of alkyl halides is 1. The predicted molar refractivity (Wildman–Crippen MR) is 91.6 cm³/mol. The molecule has 3 unspecified atom stereocenters. The van der Waals surface area contributed by atoms with E-state index in [1.807, 2.05) is 31.2 Å². The summed E-state index contributed by atoms with van der Waals surface area (Å²) >= 11 is 0. The summed E-state index contributed by atoms with van der Waals surface area (Å²) in [4.78, 5) is 12.6. The van der Waals surface area contributed by atoms with E-state index in [0.29, 0.717) is 5.92 Å². The highest BCUT2D eigenvalue weighted by molar-refractivity contribution is 5.94. The fourth-order valence-electron chi connectivity index (χ4n) is 3.02. The molecule has 0 bridgehead atoms. The Hall–Kier alpha value is -1.46. The van der Waals surface area contributed by atoms with Crippen LogP contribution < -0.4 is 5.32 Å². The van der Waals surface area contributed by atoms with E-state index >= 15 is 0 Å². The molecule has 0 spiro atoms. The van der Waals surface area contributed by atoms with Gasteiger partial charge in [0.25, 0.3) is 0 Å². The highest BCUT2D eigenvalue weighted by atomic mass is 19.1. The van der Waals surface area contributed by atoms with Gasteiger partial charge in [0.1, 0.15) is 5.92 Å². The van der Waals surface area contributed by atoms with E-state index in [4.69, 9.17) is 0 Å². The molecule has 0 aliphatic carbocycles. The third-order valence-electron chi connectivity index (χ3n) is 4.83. The molecule has 23 heavy (non-hydrogen) atoms. The summed E-state index contributed by atoms with van der Waals surface area (Å²) in [6.07, 6.45) is 0.676. The number of hydrazine groups is 1. The molecule has 1 fully saturated rings. The van der Waals surface area contributed by atoms with E-state index < -0.39 is 12.2 Å². The number of rotatable bonds is 5. The Balaban J connectivity index is 2.11. The number of anilines is 1. The van der Waals surface area contributed by atoms with Crippen molar-refractivity contribution in [3.05, 3.63) is 29.8 Å². The van der Waals surface area contributed by atoms with Crippen molar-refractivity contribution in [2.45, 2.75) is 46.0 Å². The average molecular weight is 321 g/mol. The summed E-state index contributed by atoms with van der Waals surface area (Å²) in [5, 5.41) is 6.21. The van der Waals surface area contributed by atoms with Crippen LogP contribution in [0.25, 0.3) is 0 Å². The normalized spacial score (nSPS) is 26.0. The number of halogens is 1. The van der Waals surface area contributed by atoms with Crippen molar-refractivity contribution in [1.29, 1.82) is 0 Å². The van der Waals surface area contributed by atoms with E-state index in [-0.39, 0.29) is 11.9 Å². The summed E-state index contributed by atoms with van der Waals surface area (Å²) in [5.74, 6) is -0.340. The molecule has 1 heterocycles. The lowest BCUT2D eigenvalue weighted by molar-refractivity contribution is -0.122. The Morgan fingerprint density at radius 2 is 1.91 bits per heavy atom. The number of aryl methyl sites for hydroxylation is 1. The number of benzene rings is 1. The van der Waals surface area contributed by atoms with E-state index in [1.54, 1.807) is 19.1 Å². The van der Waals surface area contributed by atoms with Crippen molar-refractivity contribution in [3.8, 4) is 0 Å². The third-order valence-corrected chi connectivity index (χ3v) is 4.83. The minimum absolute atomic E-state index is 0.169. The van der Waals surface area contributed by atoms with Gasteiger partial charge in [-0.3, -0.25) is 4.79 Å². The van der Waals surface area contributed by atoms with Crippen molar-refractivity contribution in [3.63, 3.8) is 0 Å². The van der Waals surface area contributed by atoms with Crippen LogP contribution >= 0.6 is 0 Å². The second-order valence-corrected chi connectivity index (χ2v) is 6.87. The smallest absolute Gasteiger partial charge is 0.233 e. The van der Waals surface area contributed by atoms with E-state index in [0.717, 1.165) is 24.1 Å². The number of carbonyl (C=O) groups excluding carboxylic acids is 1. The van der Waals surface area contributed by atoms with Crippen molar-refractivity contribution < 1.29 is 9.18 Å². The maximum atomic E-state index is 14.4. The maximum Gasteiger partial charge on any atom is 0.233 e. The van der Waals surface area contributed by atoms with Gasteiger partial charge in [-0.05, 0) is 37.3 Å². The number of para-hydroxylation sites is 1. The zero-order chi connectivity index (χ0) is 17.1. The zero-order valence-corrected chi connectivity index (χ0v) is 14.7. The Morgan fingerprint density at radius 1 is 1.26 bits per heavy atom. The van der Waals surface area contributed by atoms with Crippen LogP contribution in [0.1, 0.15) is 32.8 Å². The quantitative estimate of drug-likeness (QED) is 0.845. The van der Waals surface area contributed by atoms with Gasteiger partial charge < -0.3 is 5.32 Å². The summed E-state index contributed by atoms with van der Waals surface area (Å²) in [7, 11) is 3.48. The fraction of sp³-hybridized carbons (Fsp3) is 0.611. The zero-order valence-electron chi connectivity index (χ0n) is 14.7. The Labute approximate surface area is 138 Å². The Morgan fingerprint density at radius 3 is 2.48 bits per heavy atom. The Kier molecular flexibility index (Phi) is 5.76. The number of nitrogens with zero attached hydrogens (tertiary/aromatic N) is 2. The first-order chi connectivity index (χ1) is 10.8. The highest BCUT2D eigenvalue weighted by Gasteiger charge is 2.46. The van der Waals surface area contributed by atoms with E-state index in [1.165, 1.54) is 5.01 Å². The molecule has 4 nitrogen and oxygen atoms in total. The summed E-state index contributed by atoms with van der Waals surface area (Å²) < 4.78 is 14.4. The van der Waals surface area contributed by atoms with Crippen LogP contribution in [0.4, 0.5) is 10.1 Å². The standard InChI is InChI=1S/C18H28FN3O/c1-12(2)10-11-14-8-6-7-9-15(14)20-18(23)16-13(3)21(4)22(5)17(16)19/h6-9,12-13,16-17H,10-11H2,1-5H3,(H,20,23). The van der Waals surface area contributed by atoms with Gasteiger partial charge in [0.15, 0.2) is 6.30 Å². The SMILES string of the molecule is CC(C)CCc1ccccc1NC(=O)C1C(C)N(C)N(C)C1F. The molecule has 1 aliphatic heterocycles. The van der Waals surface area contributed by atoms with Crippen LogP contribution in [-0.4, -0.2) is 42.4 Å². The van der Waals surface area contributed by atoms with Gasteiger partial charge in [-0.2, -0.15) is 0 Å². The van der Waals surface area contributed by atoms with E-state index in [9.17, 15) is 9.18 Å². The molecule has 5 heteroatoms. The summed E-state index contributed by atoms with van der Waals surface area (Å²) in [5.41, 5.74) is 1.91. The molecular weight excluding hydrogens is 293 g/mol. The third kappa shape index (κ3) is 3.90. The molecule has 1 saturated heterocycles. The van der Waals surface area contributed by atoms with Crippen molar-refractivity contribution >= 4 is 11.6 Å². The van der Waals surface area contributed by atoms with Crippen LogP contribution in [0.3, 0.4) is 0 Å². The molecule has 1 aromatic carbocycles. The van der Waals surface area contributed by atoms with Gasteiger partial charge >= 0.3 is 0 Å². The minimum atomic E-state index is -1.29. The molecule has 0 radical (unpaired) electrons. The molecule has 128 valence electrons. The number of amides is 1. The van der Waals surface area contributed by atoms with Gasteiger partial charge in [0.2, 0.25) is 5.91 Å². The number of nitrogens with one attached hydrogen (secondary N) is 1. The number of hydrogen-bond donors (Lipinski definition) is 1. The first kappa shape index (κ1) is 17.9. The van der Waals surface area contributed by atoms with Crippen LogP contribution in [0, 0.1) is 11.8 Å². The molecule has 3 atom stereocenters. The van der Waals surface area contributed by atoms with Crippen LogP contribution in [0.15, 0.2) is 24.3 Å². The Bertz CT molecular complexity index is 535. The van der Waals surface area contributed by atoms with Crippen LogP contribution in [0.5, 0.6) is 0 Å². The summed E-state index contributed by atoms with van der Waals surface area (Å²) in [6.45, 7) is 6.24. The summed E-state index contributed by atoms with van der Waals surface area (Å²) in [6, 6.07) is 7.63. The number of carbonyl (C=O) groups is 1. The average Bonchev–Trinajstić information content (AvgIpc) is 2.70. The maximum absolute atomic E-state index is 14.4. The molecule has 1 N–H and O–H groups in total. The van der Waals surface area contributed by atoms with Crippen molar-refractivity contribution in [2.75, 3.05) is 19.4 Å². The lowest BCUT2D eigenvalue weighted by Gasteiger charge is -2.22. The van der Waals surface area contributed by atoms with Crippen LogP contribution in [-0.2, 0) is 11.2 Å². The highest BCUT2D eigenvalue weighted by Crippen LogP contribution is 2.30. The first-order valence-electron chi connectivity index (χ1n) is 8.31. The molecule has 0 saturated carbocycles. The molecule has 2 rings (SSSR count). The van der Waals surface area contributed by atoms with Gasteiger partial charge in [0, 0.05) is 25.8 Å². The van der Waals surface area contributed by atoms with Crippen LogP contribution in [0.2, 0.25) is 0 Å². The topological polar surface area (TPSA) is 35.6 Å². The van der Waals surface area contributed by atoms with Crippen molar-refractivity contribution in [1.82, 2.24) is 10.0 Å². The fourth-order valence-corrected chi connectivity index (χ4v) is 3.02. The first-order valence-corrected chi connectivity index (χ1v) is 8.31. The van der Waals surface area contributed by atoms with Gasteiger partial charge in [0.05, 0.1) is 0 Å². The van der Waals surface area contributed by atoms with Gasteiger partial charge in [-0.25, -0.2) is 14.4 Å². The molecule has 1 aromatic rings. The second-order valence-electron chi connectivity index (χ2n) is 6.87. The minimum Gasteiger partial charge on any atom is -0.325 e. The van der Waals surface area contributed by atoms with E-state index in [2.05, 4.69) is 19.2 Å². The monoisotopic (exact) mass is 321 g/mol. The molecular formula is C18H28FN3O. The molecule has 1 aliphatic rings. The largest absolute Gasteiger partial charge is 0.325 e. The lowest BCUT2D eigenvalue weighted by atomic mass is 9.99. The molecule has 1 amide bonds. The molecule has 0 aromatic heterocycles. The number of hydrogen-bond acceptors (Lipinski definition) is 3. The van der Waals surface area contributed by atoms with Gasteiger partial charge in [-0.1, -0.05) is 32.0 Å². The van der Waals surface area contributed by atoms with Gasteiger partial charge in [-0.15, -0.1) is 0 Å². The lowest BCUT2D eigenvalue weighted by Crippen LogP contribution is -2.36. The predicted octanol–water partition coefficient (Wildman–Crippen LogP) is 3.31.